The smallest absolute Gasteiger partial charge is 0.239 e. The van der Waals surface area contributed by atoms with Crippen molar-refractivity contribution in [3.63, 3.8) is 0 Å². The van der Waals surface area contributed by atoms with Gasteiger partial charge in [-0.25, -0.2) is 0 Å². The van der Waals surface area contributed by atoms with E-state index in [1.807, 2.05) is 48.8 Å². The van der Waals surface area contributed by atoms with Crippen LogP contribution in [0.1, 0.15) is 43.4 Å². The van der Waals surface area contributed by atoms with Crippen LogP contribution in [-0.4, -0.2) is 36.8 Å². The molecule has 0 aliphatic carbocycles. The number of pyridine rings is 1. The first-order valence-corrected chi connectivity index (χ1v) is 10.9. The van der Waals surface area contributed by atoms with E-state index < -0.39 is 6.04 Å². The number of ether oxygens (including phenoxy) is 1. The zero-order valence-electron chi connectivity index (χ0n) is 18.2. The number of nitrogens with one attached hydrogen (secondary N) is 1. The van der Waals surface area contributed by atoms with Crippen LogP contribution in [0.15, 0.2) is 65.9 Å². The van der Waals surface area contributed by atoms with Crippen molar-refractivity contribution in [2.75, 3.05) is 19.7 Å². The molecule has 1 aromatic heterocycles. The number of aryl methyl sites for hydroxylation is 1. The van der Waals surface area contributed by atoms with Gasteiger partial charge in [0.1, 0.15) is 11.8 Å². The summed E-state index contributed by atoms with van der Waals surface area (Å²) in [6.45, 7) is 4.15. The molecule has 0 fully saturated rings. The van der Waals surface area contributed by atoms with E-state index >= 15 is 0 Å². The van der Waals surface area contributed by atoms with Gasteiger partial charge in [0.15, 0.2) is 0 Å². The molecule has 164 valence electrons. The highest BCUT2D eigenvalue weighted by atomic mass is 16.5. The number of rotatable bonds is 12. The van der Waals surface area contributed by atoms with E-state index in [2.05, 4.69) is 34.4 Å². The summed E-state index contributed by atoms with van der Waals surface area (Å²) in [4.78, 5) is 20.8. The van der Waals surface area contributed by atoms with E-state index in [0.29, 0.717) is 13.2 Å². The number of benzene rings is 1. The van der Waals surface area contributed by atoms with Gasteiger partial charge in [-0.1, -0.05) is 31.2 Å². The van der Waals surface area contributed by atoms with Crippen LogP contribution in [0, 0.1) is 5.41 Å². The molecule has 3 rings (SSSR count). The lowest BCUT2D eigenvalue weighted by molar-refractivity contribution is -0.120. The van der Waals surface area contributed by atoms with Gasteiger partial charge in [0.05, 0.1) is 6.61 Å². The zero-order chi connectivity index (χ0) is 21.9. The van der Waals surface area contributed by atoms with Crippen molar-refractivity contribution in [3.05, 3.63) is 72.1 Å². The molecule has 1 aliphatic rings. The van der Waals surface area contributed by atoms with Gasteiger partial charge >= 0.3 is 0 Å². The highest BCUT2D eigenvalue weighted by molar-refractivity contribution is 5.81. The molecule has 1 amide bonds. The number of allylic oxidation sites excluding steroid dienone is 1. The Morgan fingerprint density at radius 3 is 2.74 bits per heavy atom. The minimum Gasteiger partial charge on any atom is -0.494 e. The molecule has 2 atom stereocenters. The highest BCUT2D eigenvalue weighted by Gasteiger charge is 2.28. The van der Waals surface area contributed by atoms with Crippen molar-refractivity contribution in [1.82, 2.24) is 10.3 Å². The number of hydrogen-bond donors (Lipinski definition) is 2. The zero-order valence-corrected chi connectivity index (χ0v) is 18.2. The molecule has 6 nitrogen and oxygen atoms in total. The number of carbonyl (C=O) groups excluding carboxylic acids is 1. The first-order valence-electron chi connectivity index (χ1n) is 10.9. The number of carbonyl (C=O) groups is 1. The number of nitrogens with zero attached hydrogens (tertiary/aromatic N) is 2. The fraction of sp³-hybridized carbons (Fsp3) is 0.400. The third-order valence-electron chi connectivity index (χ3n) is 5.62. The van der Waals surface area contributed by atoms with Crippen molar-refractivity contribution >= 4 is 12.1 Å². The summed E-state index contributed by atoms with van der Waals surface area (Å²) in [7, 11) is 0. The summed E-state index contributed by atoms with van der Waals surface area (Å²) in [5.41, 5.74) is 7.72. The number of amides is 1. The largest absolute Gasteiger partial charge is 0.494 e. The maximum atomic E-state index is 12.1. The number of nitrogens with two attached hydrogens (primary N) is 1. The molecule has 0 spiro atoms. The molecule has 0 saturated heterocycles. The van der Waals surface area contributed by atoms with Crippen LogP contribution < -0.4 is 15.8 Å². The van der Waals surface area contributed by atoms with E-state index in [0.717, 1.165) is 43.5 Å². The minimum atomic E-state index is -0.535. The van der Waals surface area contributed by atoms with E-state index in [1.165, 1.54) is 5.56 Å². The van der Waals surface area contributed by atoms with Gasteiger partial charge in [-0.15, -0.1) is 0 Å². The Bertz CT molecular complexity index is 880. The molecule has 0 radical (unpaired) electrons. The first-order chi connectivity index (χ1) is 15.1. The molecule has 2 aromatic rings. The van der Waals surface area contributed by atoms with E-state index in [-0.39, 0.29) is 11.3 Å². The molecule has 1 aliphatic heterocycles. The molecular weight excluding hydrogens is 388 g/mol. The fourth-order valence-corrected chi connectivity index (χ4v) is 3.81. The number of dihydropyridines is 1. The lowest BCUT2D eigenvalue weighted by atomic mass is 9.78. The second-order valence-electron chi connectivity index (χ2n) is 8.03. The minimum absolute atomic E-state index is 0.0440. The van der Waals surface area contributed by atoms with Crippen molar-refractivity contribution in [1.29, 1.82) is 0 Å². The third kappa shape index (κ3) is 6.76. The van der Waals surface area contributed by atoms with Crippen LogP contribution in [0.2, 0.25) is 0 Å². The van der Waals surface area contributed by atoms with Crippen molar-refractivity contribution in [2.45, 2.75) is 38.6 Å². The molecule has 6 heteroatoms. The van der Waals surface area contributed by atoms with Crippen LogP contribution >= 0.6 is 0 Å². The fourth-order valence-electron chi connectivity index (χ4n) is 3.81. The molecular formula is C25H32N4O2. The van der Waals surface area contributed by atoms with E-state index in [4.69, 9.17) is 10.5 Å². The average molecular weight is 421 g/mol. The maximum Gasteiger partial charge on any atom is 0.239 e. The summed E-state index contributed by atoms with van der Waals surface area (Å²) < 4.78 is 5.63. The predicted molar refractivity (Wildman–Crippen MR) is 124 cm³/mol. The molecule has 2 heterocycles. The Morgan fingerprint density at radius 1 is 1.26 bits per heavy atom. The lowest BCUT2D eigenvalue weighted by Crippen LogP contribution is -2.37. The number of aromatic nitrogens is 1. The normalized spacial score (nSPS) is 18.6. The monoisotopic (exact) mass is 420 g/mol. The molecule has 3 N–H and O–H groups in total. The highest BCUT2D eigenvalue weighted by Crippen LogP contribution is 2.32. The molecule has 1 aromatic carbocycles. The topological polar surface area (TPSA) is 89.6 Å². The average Bonchev–Trinajstić information content (AvgIpc) is 2.81. The van der Waals surface area contributed by atoms with Crippen LogP contribution in [0.25, 0.3) is 0 Å². The van der Waals surface area contributed by atoms with Crippen molar-refractivity contribution in [2.24, 2.45) is 16.1 Å². The third-order valence-corrected chi connectivity index (χ3v) is 5.62. The van der Waals surface area contributed by atoms with Gasteiger partial charge in [0, 0.05) is 30.6 Å². The molecule has 2 unspecified atom stereocenters. The standard InChI is InChI=1S/C25H32N4O2/c1-2-17-31-22-8-6-21(7-9-22)23(24(26)30)29-16-13-25(11-4-15-28-19-25)12-10-20-5-3-14-27-18-20/h3-9,11,14-15,18,23,29H,2,10,12-13,16-17,19H2,1H3,(H2,26,30). The van der Waals surface area contributed by atoms with Crippen LogP contribution in [0.4, 0.5) is 0 Å². The van der Waals surface area contributed by atoms with Gasteiger partial charge < -0.3 is 15.8 Å². The molecule has 0 bridgehead atoms. The van der Waals surface area contributed by atoms with Crippen molar-refractivity contribution in [3.8, 4) is 5.75 Å². The van der Waals surface area contributed by atoms with Crippen LogP contribution in [0.5, 0.6) is 5.75 Å². The Balaban J connectivity index is 1.60. The second-order valence-corrected chi connectivity index (χ2v) is 8.03. The van der Waals surface area contributed by atoms with Gasteiger partial charge in [-0.2, -0.15) is 0 Å². The Kier molecular flexibility index (Phi) is 8.35. The first kappa shape index (κ1) is 22.7. The van der Waals surface area contributed by atoms with E-state index in [9.17, 15) is 4.79 Å². The molecule has 0 saturated carbocycles. The van der Waals surface area contributed by atoms with Gasteiger partial charge in [0.2, 0.25) is 5.91 Å². The SMILES string of the molecule is CCCOc1ccc(C(NCCC2(CCc3cccnc3)C=CC=NC2)C(N)=O)cc1. The summed E-state index contributed by atoms with van der Waals surface area (Å²) >= 11 is 0. The van der Waals surface area contributed by atoms with Gasteiger partial charge in [0.25, 0.3) is 0 Å². The lowest BCUT2D eigenvalue weighted by Gasteiger charge is -2.31. The Morgan fingerprint density at radius 2 is 2.10 bits per heavy atom. The summed E-state index contributed by atoms with van der Waals surface area (Å²) in [6.07, 6.45) is 13.6. The van der Waals surface area contributed by atoms with Gasteiger partial charge in [-0.05, 0) is 67.6 Å². The second kappa shape index (κ2) is 11.4. The van der Waals surface area contributed by atoms with Gasteiger partial charge in [-0.3, -0.25) is 14.8 Å². The Hall–Kier alpha value is -2.99. The van der Waals surface area contributed by atoms with Crippen LogP contribution in [0.3, 0.4) is 0 Å². The Labute approximate surface area is 184 Å². The van der Waals surface area contributed by atoms with Crippen LogP contribution in [-0.2, 0) is 11.2 Å². The predicted octanol–water partition coefficient (Wildman–Crippen LogP) is 3.64. The number of primary amides is 1. The summed E-state index contributed by atoms with van der Waals surface area (Å²) in [5, 5.41) is 3.35. The number of hydrogen-bond acceptors (Lipinski definition) is 5. The summed E-state index contributed by atoms with van der Waals surface area (Å²) in [5.74, 6) is 0.414. The van der Waals surface area contributed by atoms with E-state index in [1.54, 1.807) is 6.20 Å². The van der Waals surface area contributed by atoms with Crippen molar-refractivity contribution < 1.29 is 9.53 Å². The summed E-state index contributed by atoms with van der Waals surface area (Å²) in [6, 6.07) is 11.1. The maximum absolute atomic E-state index is 12.1. The number of aliphatic imine (C=N–C) groups is 1. The quantitative estimate of drug-likeness (QED) is 0.549. The molecule has 31 heavy (non-hydrogen) atoms.